The van der Waals surface area contributed by atoms with Crippen molar-refractivity contribution in [2.45, 2.75) is 19.5 Å². The SMILES string of the molecule is C[C@@H](NC(=S)NCc1ccccc1)c1cc2ccccc2o1. The molecule has 0 aliphatic heterocycles. The first-order valence-electron chi connectivity index (χ1n) is 7.29. The molecule has 0 spiro atoms. The van der Waals surface area contributed by atoms with Crippen molar-refractivity contribution in [2.24, 2.45) is 0 Å². The fourth-order valence-electron chi connectivity index (χ4n) is 2.31. The van der Waals surface area contributed by atoms with Crippen LogP contribution in [0.3, 0.4) is 0 Å². The molecule has 112 valence electrons. The van der Waals surface area contributed by atoms with Crippen LogP contribution in [0.15, 0.2) is 65.1 Å². The lowest BCUT2D eigenvalue weighted by Crippen LogP contribution is -2.36. The van der Waals surface area contributed by atoms with E-state index in [1.54, 1.807) is 0 Å². The second kappa shape index (κ2) is 6.62. The van der Waals surface area contributed by atoms with E-state index >= 15 is 0 Å². The van der Waals surface area contributed by atoms with Crippen molar-refractivity contribution in [1.29, 1.82) is 0 Å². The second-order valence-corrected chi connectivity index (χ2v) is 5.63. The molecule has 0 saturated heterocycles. The largest absolute Gasteiger partial charge is 0.459 e. The normalized spacial score (nSPS) is 12.0. The molecule has 22 heavy (non-hydrogen) atoms. The lowest BCUT2D eigenvalue weighted by Gasteiger charge is -2.15. The number of thiocarbonyl (C=S) groups is 1. The van der Waals surface area contributed by atoms with Gasteiger partial charge in [0.05, 0.1) is 6.04 Å². The van der Waals surface area contributed by atoms with Gasteiger partial charge < -0.3 is 15.1 Å². The molecule has 3 rings (SSSR count). The fourth-order valence-corrected chi connectivity index (χ4v) is 2.56. The molecule has 2 aromatic carbocycles. The minimum Gasteiger partial charge on any atom is -0.459 e. The van der Waals surface area contributed by atoms with Crippen molar-refractivity contribution in [3.63, 3.8) is 0 Å². The van der Waals surface area contributed by atoms with Crippen LogP contribution in [0.2, 0.25) is 0 Å². The Balaban J connectivity index is 1.58. The van der Waals surface area contributed by atoms with E-state index in [4.69, 9.17) is 16.6 Å². The quantitative estimate of drug-likeness (QED) is 0.710. The van der Waals surface area contributed by atoms with E-state index in [1.807, 2.05) is 55.5 Å². The molecule has 1 aromatic heterocycles. The van der Waals surface area contributed by atoms with Gasteiger partial charge >= 0.3 is 0 Å². The molecule has 0 unspecified atom stereocenters. The van der Waals surface area contributed by atoms with Crippen molar-refractivity contribution in [2.75, 3.05) is 0 Å². The van der Waals surface area contributed by atoms with Crippen LogP contribution in [0.25, 0.3) is 11.0 Å². The molecule has 0 fully saturated rings. The number of benzene rings is 2. The Morgan fingerprint density at radius 2 is 1.82 bits per heavy atom. The van der Waals surface area contributed by atoms with Crippen molar-refractivity contribution >= 4 is 28.3 Å². The smallest absolute Gasteiger partial charge is 0.167 e. The van der Waals surface area contributed by atoms with Crippen LogP contribution in [0.5, 0.6) is 0 Å². The van der Waals surface area contributed by atoms with E-state index in [0.29, 0.717) is 11.7 Å². The number of rotatable bonds is 4. The molecular weight excluding hydrogens is 292 g/mol. The summed E-state index contributed by atoms with van der Waals surface area (Å²) < 4.78 is 5.84. The Labute approximate surface area is 135 Å². The van der Waals surface area contributed by atoms with Crippen LogP contribution in [0, 0.1) is 0 Å². The zero-order chi connectivity index (χ0) is 15.4. The van der Waals surface area contributed by atoms with Crippen molar-refractivity contribution < 1.29 is 4.42 Å². The summed E-state index contributed by atoms with van der Waals surface area (Å²) in [5.41, 5.74) is 2.09. The Morgan fingerprint density at radius 1 is 1.09 bits per heavy atom. The van der Waals surface area contributed by atoms with Gasteiger partial charge in [0, 0.05) is 11.9 Å². The molecule has 0 saturated carbocycles. The summed E-state index contributed by atoms with van der Waals surface area (Å²) in [5, 5.41) is 8.19. The highest BCUT2D eigenvalue weighted by molar-refractivity contribution is 7.80. The van der Waals surface area contributed by atoms with E-state index < -0.39 is 0 Å². The summed E-state index contributed by atoms with van der Waals surface area (Å²) in [5.74, 6) is 0.880. The van der Waals surface area contributed by atoms with Gasteiger partial charge in [-0.2, -0.15) is 0 Å². The van der Waals surface area contributed by atoms with Gasteiger partial charge in [0.2, 0.25) is 0 Å². The van der Waals surface area contributed by atoms with Gasteiger partial charge in [-0.3, -0.25) is 0 Å². The van der Waals surface area contributed by atoms with Crippen LogP contribution in [-0.2, 0) is 6.54 Å². The van der Waals surface area contributed by atoms with Crippen molar-refractivity contribution in [3.8, 4) is 0 Å². The van der Waals surface area contributed by atoms with Crippen LogP contribution < -0.4 is 10.6 Å². The molecule has 1 heterocycles. The highest BCUT2D eigenvalue weighted by Gasteiger charge is 2.12. The van der Waals surface area contributed by atoms with Crippen LogP contribution in [0.4, 0.5) is 0 Å². The molecule has 2 N–H and O–H groups in total. The maximum absolute atomic E-state index is 5.84. The molecule has 0 amide bonds. The van der Waals surface area contributed by atoms with Gasteiger partial charge in [-0.25, -0.2) is 0 Å². The summed E-state index contributed by atoms with van der Waals surface area (Å²) in [6, 6.07) is 20.2. The lowest BCUT2D eigenvalue weighted by atomic mass is 10.2. The number of furan rings is 1. The maximum atomic E-state index is 5.84. The third kappa shape index (κ3) is 3.46. The molecule has 3 nitrogen and oxygen atoms in total. The molecule has 4 heteroatoms. The van der Waals surface area contributed by atoms with Gasteiger partial charge in [-0.15, -0.1) is 0 Å². The predicted molar refractivity (Wildman–Crippen MR) is 93.6 cm³/mol. The fraction of sp³-hybridized carbons (Fsp3) is 0.167. The van der Waals surface area contributed by atoms with Gasteiger partial charge in [0.25, 0.3) is 0 Å². The van der Waals surface area contributed by atoms with E-state index in [9.17, 15) is 0 Å². The second-order valence-electron chi connectivity index (χ2n) is 5.22. The van der Waals surface area contributed by atoms with Crippen molar-refractivity contribution in [3.05, 3.63) is 72.0 Å². The first-order valence-corrected chi connectivity index (χ1v) is 7.70. The number of hydrogen-bond donors (Lipinski definition) is 2. The topological polar surface area (TPSA) is 37.2 Å². The third-order valence-corrected chi connectivity index (χ3v) is 3.78. The zero-order valence-corrected chi connectivity index (χ0v) is 13.2. The summed E-state index contributed by atoms with van der Waals surface area (Å²) in [6.07, 6.45) is 0. The predicted octanol–water partition coefficient (Wildman–Crippen LogP) is 4.16. The zero-order valence-electron chi connectivity index (χ0n) is 12.4. The van der Waals surface area contributed by atoms with E-state index in [2.05, 4.69) is 22.8 Å². The molecule has 1 atom stereocenters. The third-order valence-electron chi connectivity index (χ3n) is 3.51. The van der Waals surface area contributed by atoms with Gasteiger partial charge in [-0.05, 0) is 36.8 Å². The van der Waals surface area contributed by atoms with Crippen LogP contribution in [-0.4, -0.2) is 5.11 Å². The van der Waals surface area contributed by atoms with E-state index in [0.717, 1.165) is 16.7 Å². The average molecular weight is 310 g/mol. The molecule has 0 aliphatic rings. The summed E-state index contributed by atoms with van der Waals surface area (Å²) in [6.45, 7) is 2.74. The number of para-hydroxylation sites is 1. The maximum Gasteiger partial charge on any atom is 0.167 e. The standard InChI is InChI=1S/C18H18N2OS/c1-13(17-11-15-9-5-6-10-16(15)21-17)20-18(22)19-12-14-7-3-2-4-8-14/h2-11,13H,12H2,1H3,(H2,19,20,22)/t13-/m1/s1. The summed E-state index contributed by atoms with van der Waals surface area (Å²) in [7, 11) is 0. The Bertz CT molecular complexity index is 734. The number of nitrogens with one attached hydrogen (secondary N) is 2. The minimum absolute atomic E-state index is 0.0168. The van der Waals surface area contributed by atoms with Crippen molar-refractivity contribution in [1.82, 2.24) is 10.6 Å². The highest BCUT2D eigenvalue weighted by Crippen LogP contribution is 2.23. The first kappa shape index (κ1) is 14.6. The molecule has 0 aliphatic carbocycles. The molecule has 0 bridgehead atoms. The molecule has 3 aromatic rings. The molecular formula is C18H18N2OS. The Morgan fingerprint density at radius 3 is 2.59 bits per heavy atom. The lowest BCUT2D eigenvalue weighted by molar-refractivity contribution is 0.490. The van der Waals surface area contributed by atoms with Gasteiger partial charge in [0.1, 0.15) is 11.3 Å². The molecule has 0 radical (unpaired) electrons. The minimum atomic E-state index is 0.0168. The monoisotopic (exact) mass is 310 g/mol. The van der Waals surface area contributed by atoms with Crippen LogP contribution >= 0.6 is 12.2 Å². The number of hydrogen-bond acceptors (Lipinski definition) is 2. The van der Waals surface area contributed by atoms with E-state index in [-0.39, 0.29) is 6.04 Å². The summed E-state index contributed by atoms with van der Waals surface area (Å²) >= 11 is 5.35. The van der Waals surface area contributed by atoms with Gasteiger partial charge in [0.15, 0.2) is 5.11 Å². The van der Waals surface area contributed by atoms with E-state index in [1.165, 1.54) is 5.56 Å². The summed E-state index contributed by atoms with van der Waals surface area (Å²) in [4.78, 5) is 0. The first-order chi connectivity index (χ1) is 10.7. The Kier molecular flexibility index (Phi) is 4.39. The average Bonchev–Trinajstić information content (AvgIpc) is 2.98. The highest BCUT2D eigenvalue weighted by atomic mass is 32.1. The Hall–Kier alpha value is -2.33. The van der Waals surface area contributed by atoms with Gasteiger partial charge in [-0.1, -0.05) is 48.5 Å². The number of fused-ring (bicyclic) bond motifs is 1. The van der Waals surface area contributed by atoms with Crippen LogP contribution in [0.1, 0.15) is 24.3 Å².